The van der Waals surface area contributed by atoms with Gasteiger partial charge in [-0.2, -0.15) is 0 Å². The van der Waals surface area contributed by atoms with Gasteiger partial charge in [-0.05, 0) is 33.4 Å². The second-order valence-corrected chi connectivity index (χ2v) is 11.8. The van der Waals surface area contributed by atoms with E-state index in [0.717, 1.165) is 33.4 Å². The number of hydrogen-bond donors (Lipinski definition) is 0. The summed E-state index contributed by atoms with van der Waals surface area (Å²) in [6.07, 6.45) is -0.955. The lowest BCUT2D eigenvalue weighted by Crippen LogP contribution is -2.43. The molecule has 2 atom stereocenters. The quantitative estimate of drug-likeness (QED) is 0.173. The Kier molecular flexibility index (Phi) is 7.65. The topological polar surface area (TPSA) is 36.9 Å². The normalized spacial score (nSPS) is 20.1. The fourth-order valence-electron chi connectivity index (χ4n) is 7.08. The Labute approximate surface area is 270 Å². The molecule has 2 aliphatic rings. The summed E-state index contributed by atoms with van der Waals surface area (Å²) in [5.41, 5.74) is 4.06. The second-order valence-electron chi connectivity index (χ2n) is 11.8. The van der Waals surface area contributed by atoms with Gasteiger partial charge in [-0.25, -0.2) is 0 Å². The minimum Gasteiger partial charge on any atom is -0.403 e. The van der Waals surface area contributed by atoms with Crippen LogP contribution in [0.25, 0.3) is 0 Å². The van der Waals surface area contributed by atoms with Gasteiger partial charge in [-0.15, -0.1) is 0 Å². The Morgan fingerprint density at radius 2 is 0.565 bits per heavy atom. The predicted molar refractivity (Wildman–Crippen MR) is 182 cm³/mol. The third-order valence-electron chi connectivity index (χ3n) is 9.12. The van der Waals surface area contributed by atoms with E-state index in [2.05, 4.69) is 72.8 Å². The minimum atomic E-state index is -0.964. The van der Waals surface area contributed by atoms with Gasteiger partial charge in [-0.3, -0.25) is 0 Å². The molecule has 0 amide bonds. The van der Waals surface area contributed by atoms with Crippen LogP contribution in [0.3, 0.4) is 0 Å². The van der Waals surface area contributed by atoms with E-state index in [-0.39, 0.29) is 0 Å². The average molecular weight is 598 g/mol. The summed E-state index contributed by atoms with van der Waals surface area (Å²) >= 11 is 0. The van der Waals surface area contributed by atoms with E-state index in [1.165, 1.54) is 0 Å². The Balaban J connectivity index is 1.29. The molecule has 2 saturated heterocycles. The molecule has 6 aromatic carbocycles. The summed E-state index contributed by atoms with van der Waals surface area (Å²) < 4.78 is 28.6. The van der Waals surface area contributed by atoms with Gasteiger partial charge < -0.3 is 18.6 Å². The highest BCUT2D eigenvalue weighted by Crippen LogP contribution is 2.56. The first-order valence-corrected chi connectivity index (χ1v) is 15.8. The molecule has 0 N–H and O–H groups in total. The van der Waals surface area contributed by atoms with Gasteiger partial charge in [0.2, 0.25) is 0 Å². The van der Waals surface area contributed by atoms with Gasteiger partial charge in [-0.1, -0.05) is 182 Å². The summed E-state index contributed by atoms with van der Waals surface area (Å²) in [5, 5.41) is 0. The SMILES string of the molecule is c1ccc([C@H]2OB(B3O[C@H](c4ccccc4)C(c4ccccc4)(c4ccccc4)O3)OC2(c2ccccc2)c2ccccc2)cc1. The van der Waals surface area contributed by atoms with E-state index in [4.69, 9.17) is 18.6 Å². The smallest absolute Gasteiger partial charge is 0.403 e. The second kappa shape index (κ2) is 12.2. The molecular weight excluding hydrogens is 566 g/mol. The first kappa shape index (κ1) is 28.7. The zero-order chi connectivity index (χ0) is 30.8. The number of benzene rings is 6. The van der Waals surface area contributed by atoms with E-state index in [0.29, 0.717) is 0 Å². The lowest BCUT2D eigenvalue weighted by atomic mass is 9.49. The summed E-state index contributed by atoms with van der Waals surface area (Å²) in [5.74, 6) is 0. The van der Waals surface area contributed by atoms with Crippen LogP contribution in [-0.4, -0.2) is 14.0 Å². The fraction of sp³-hybridized carbons (Fsp3) is 0.100. The van der Waals surface area contributed by atoms with Crippen LogP contribution in [0.2, 0.25) is 0 Å². The van der Waals surface area contributed by atoms with Crippen molar-refractivity contribution in [3.05, 3.63) is 215 Å². The lowest BCUT2D eigenvalue weighted by Gasteiger charge is -2.36. The summed E-state index contributed by atoms with van der Waals surface area (Å²) in [6, 6.07) is 61.9. The van der Waals surface area contributed by atoms with Gasteiger partial charge in [0.1, 0.15) is 23.4 Å². The molecule has 2 heterocycles. The molecular formula is C40H32B2O4. The molecule has 0 unspecified atom stereocenters. The minimum absolute atomic E-state index is 0.477. The molecule has 0 saturated carbocycles. The first-order chi connectivity index (χ1) is 22.8. The highest BCUT2D eigenvalue weighted by molar-refractivity contribution is 7.11. The van der Waals surface area contributed by atoms with Gasteiger partial charge in [0.25, 0.3) is 0 Å². The summed E-state index contributed by atoms with van der Waals surface area (Å²) in [4.78, 5) is 0. The van der Waals surface area contributed by atoms with E-state index < -0.39 is 37.4 Å². The van der Waals surface area contributed by atoms with Crippen molar-refractivity contribution in [3.63, 3.8) is 0 Å². The van der Waals surface area contributed by atoms with Crippen LogP contribution in [0, 0.1) is 0 Å². The van der Waals surface area contributed by atoms with Crippen molar-refractivity contribution >= 4 is 14.0 Å². The molecule has 0 radical (unpaired) electrons. The third-order valence-corrected chi connectivity index (χ3v) is 9.12. The molecule has 6 aromatic rings. The zero-order valence-corrected chi connectivity index (χ0v) is 25.3. The van der Waals surface area contributed by atoms with Crippen LogP contribution in [0.5, 0.6) is 0 Å². The van der Waals surface area contributed by atoms with Crippen LogP contribution in [-0.2, 0) is 29.8 Å². The Hall–Kier alpha value is -4.71. The Bertz CT molecular complexity index is 1640. The molecule has 6 heteroatoms. The molecule has 2 fully saturated rings. The summed E-state index contributed by atoms with van der Waals surface area (Å²) in [7, 11) is -1.71. The monoisotopic (exact) mass is 598 g/mol. The zero-order valence-electron chi connectivity index (χ0n) is 25.3. The molecule has 222 valence electrons. The van der Waals surface area contributed by atoms with Crippen molar-refractivity contribution in [2.24, 2.45) is 0 Å². The van der Waals surface area contributed by atoms with Crippen molar-refractivity contribution in [1.29, 1.82) is 0 Å². The van der Waals surface area contributed by atoms with Crippen LogP contribution >= 0.6 is 0 Å². The predicted octanol–water partition coefficient (Wildman–Crippen LogP) is 8.51. The van der Waals surface area contributed by atoms with Gasteiger partial charge in [0.15, 0.2) is 0 Å². The van der Waals surface area contributed by atoms with E-state index in [9.17, 15) is 0 Å². The molecule has 8 rings (SSSR count). The average Bonchev–Trinajstić information content (AvgIpc) is 3.76. The largest absolute Gasteiger partial charge is 0.489 e. The molecule has 4 nitrogen and oxygen atoms in total. The van der Waals surface area contributed by atoms with Crippen LogP contribution in [0.1, 0.15) is 45.6 Å². The number of rotatable bonds is 7. The van der Waals surface area contributed by atoms with E-state index in [1.807, 2.05) is 109 Å². The molecule has 0 aliphatic carbocycles. The van der Waals surface area contributed by atoms with Crippen molar-refractivity contribution in [3.8, 4) is 0 Å². The Morgan fingerprint density at radius 3 is 0.826 bits per heavy atom. The van der Waals surface area contributed by atoms with Crippen molar-refractivity contribution in [2.45, 2.75) is 23.4 Å². The lowest BCUT2D eigenvalue weighted by molar-refractivity contribution is 0.0719. The summed E-state index contributed by atoms with van der Waals surface area (Å²) in [6.45, 7) is 0. The third kappa shape index (κ3) is 4.82. The molecule has 0 spiro atoms. The maximum Gasteiger partial charge on any atom is 0.489 e. The van der Waals surface area contributed by atoms with Crippen LogP contribution in [0.15, 0.2) is 182 Å². The highest BCUT2D eigenvalue weighted by Gasteiger charge is 2.65. The van der Waals surface area contributed by atoms with Gasteiger partial charge in [0, 0.05) is 0 Å². The van der Waals surface area contributed by atoms with Crippen molar-refractivity contribution in [2.75, 3.05) is 0 Å². The molecule has 0 aromatic heterocycles. The van der Waals surface area contributed by atoms with E-state index in [1.54, 1.807) is 0 Å². The maximum absolute atomic E-state index is 7.25. The molecule has 0 bridgehead atoms. The van der Waals surface area contributed by atoms with Gasteiger partial charge in [0.05, 0.1) is 0 Å². The van der Waals surface area contributed by atoms with Gasteiger partial charge >= 0.3 is 14.0 Å². The molecule has 46 heavy (non-hydrogen) atoms. The van der Waals surface area contributed by atoms with E-state index >= 15 is 0 Å². The highest BCUT2D eigenvalue weighted by atomic mass is 16.7. The maximum atomic E-state index is 7.25. The Morgan fingerprint density at radius 1 is 0.326 bits per heavy atom. The van der Waals surface area contributed by atoms with Crippen LogP contribution in [0.4, 0.5) is 0 Å². The first-order valence-electron chi connectivity index (χ1n) is 15.8. The standard InChI is InChI=1S/C40H32B2O4/c1-7-19-31(20-8-1)37-39(33-23-11-3-12-24-33,34-25-13-4-14-26-34)45-41(43-37)42-44-38(32-21-9-2-10-22-32)40(46-42,35-27-15-5-16-28-35)36-29-17-6-18-30-36/h1-30,37-38H/t37-,38-/m1/s1. The van der Waals surface area contributed by atoms with Crippen molar-refractivity contribution < 1.29 is 18.6 Å². The van der Waals surface area contributed by atoms with Crippen molar-refractivity contribution in [1.82, 2.24) is 0 Å². The van der Waals surface area contributed by atoms with Crippen LogP contribution < -0.4 is 0 Å². The molecule has 2 aliphatic heterocycles. The number of hydrogen-bond acceptors (Lipinski definition) is 4. The fourth-order valence-corrected chi connectivity index (χ4v) is 7.08.